The van der Waals surface area contributed by atoms with Crippen LogP contribution in [0.1, 0.15) is 5.56 Å². The molecule has 3 nitrogen and oxygen atoms in total. The molecule has 0 saturated carbocycles. The second-order valence-electron chi connectivity index (χ2n) is 2.36. The maximum atomic E-state index is 11.0. The van der Waals surface area contributed by atoms with Gasteiger partial charge in [0.2, 0.25) is 0.760 Å². The molecule has 0 amide bonds. The van der Waals surface area contributed by atoms with Crippen molar-refractivity contribution in [3.8, 4) is 0 Å². The van der Waals surface area contributed by atoms with Crippen molar-refractivity contribution in [1.29, 1.82) is 0 Å². The van der Waals surface area contributed by atoms with Crippen molar-refractivity contribution in [2.45, 2.75) is 0.760 Å². The van der Waals surface area contributed by atoms with Crippen LogP contribution in [0.25, 0.3) is 0 Å². The molecule has 0 aromatic heterocycles. The topological polar surface area (TPSA) is 54.4 Å². The average Bonchev–Trinajstić information content (AvgIpc) is 2.04. The average molecular weight is 424 g/mol. The summed E-state index contributed by atoms with van der Waals surface area (Å²) in [4.78, 5) is 0. The molecular weight excluding hydrogens is 418 g/mol. The Bertz CT molecular complexity index is 385. The van der Waals surface area contributed by atoms with E-state index in [9.17, 15) is 8.42 Å². The van der Waals surface area contributed by atoms with Gasteiger partial charge >= 0.3 is 0 Å². The van der Waals surface area contributed by atoms with Gasteiger partial charge in [0.05, 0.1) is 0 Å². The van der Waals surface area contributed by atoms with E-state index >= 15 is 0 Å². The lowest BCUT2D eigenvalue weighted by Gasteiger charge is -2.16. The number of halogens is 2. The second kappa shape index (κ2) is 3.99. The predicted molar refractivity (Wildman–Crippen MR) is 67.7 cm³/mol. The minimum absolute atomic E-state index is 0.554. The lowest BCUT2D eigenvalue weighted by atomic mass is 10.2. The summed E-state index contributed by atoms with van der Waals surface area (Å²) in [5.41, 5.74) is 0.554. The fourth-order valence-electron chi connectivity index (χ4n) is 0.781. The highest BCUT2D eigenvalue weighted by molar-refractivity contribution is 14.2. The largest absolute Gasteiger partial charge is 0.293 e. The van der Waals surface area contributed by atoms with Crippen molar-refractivity contribution >= 4 is 55.3 Å². The van der Waals surface area contributed by atoms with Crippen LogP contribution in [-0.4, -0.2) is 13.0 Å². The van der Waals surface area contributed by atoms with E-state index in [1.807, 2.05) is 0 Å². The summed E-state index contributed by atoms with van der Waals surface area (Å²) in [6, 6.07) is 8.56. The predicted octanol–water partition coefficient (Wildman–Crippen LogP) is 2.55. The SMILES string of the molecule is O=S(=O)(O)C(I)(I)c1ccccc1. The molecule has 0 spiro atoms. The van der Waals surface area contributed by atoms with E-state index in [1.54, 1.807) is 75.5 Å². The molecule has 1 rings (SSSR count). The number of alkyl halides is 2. The van der Waals surface area contributed by atoms with Crippen LogP contribution in [0.3, 0.4) is 0 Å². The molecule has 0 aliphatic heterocycles. The summed E-state index contributed by atoms with van der Waals surface area (Å²) < 4.78 is 29.6. The van der Waals surface area contributed by atoms with Crippen molar-refractivity contribution < 1.29 is 13.0 Å². The molecule has 0 bridgehead atoms. The molecule has 0 radical (unpaired) electrons. The third-order valence-corrected chi connectivity index (χ3v) is 6.90. The van der Waals surface area contributed by atoms with Gasteiger partial charge in [-0.15, -0.1) is 0 Å². The van der Waals surface area contributed by atoms with Crippen molar-refractivity contribution in [2.24, 2.45) is 0 Å². The summed E-state index contributed by atoms with van der Waals surface area (Å²) >= 11 is 3.39. The molecule has 0 aliphatic rings. The Kier molecular flexibility index (Phi) is 3.58. The van der Waals surface area contributed by atoms with Gasteiger partial charge in [0.1, 0.15) is 0 Å². The third-order valence-electron chi connectivity index (χ3n) is 1.43. The van der Waals surface area contributed by atoms with Crippen LogP contribution in [0.4, 0.5) is 0 Å². The molecule has 0 aliphatic carbocycles. The van der Waals surface area contributed by atoms with Gasteiger partial charge in [-0.25, -0.2) is 0 Å². The van der Waals surface area contributed by atoms with E-state index in [2.05, 4.69) is 0 Å². The summed E-state index contributed by atoms with van der Waals surface area (Å²) in [5, 5.41) is 0. The zero-order valence-corrected chi connectivity index (χ0v) is 11.4. The maximum absolute atomic E-state index is 11.0. The fourth-order valence-corrected chi connectivity index (χ4v) is 1.93. The van der Waals surface area contributed by atoms with Crippen LogP contribution in [0, 0.1) is 0 Å². The van der Waals surface area contributed by atoms with Crippen LogP contribution in [0.2, 0.25) is 0 Å². The highest BCUT2D eigenvalue weighted by Crippen LogP contribution is 2.43. The normalized spacial score (nSPS) is 12.8. The molecule has 0 saturated heterocycles. The standard InChI is InChI=1S/C7H6I2O3S/c8-7(9,13(10,11)12)6-4-2-1-3-5-6/h1-5H,(H,10,11,12). The molecule has 0 heterocycles. The van der Waals surface area contributed by atoms with E-state index in [0.29, 0.717) is 5.56 Å². The molecule has 72 valence electrons. The zero-order valence-electron chi connectivity index (χ0n) is 6.31. The lowest BCUT2D eigenvalue weighted by Crippen LogP contribution is -2.21. The zero-order chi connectivity index (χ0) is 10.1. The van der Waals surface area contributed by atoms with Crippen LogP contribution < -0.4 is 0 Å². The first kappa shape index (κ1) is 11.7. The van der Waals surface area contributed by atoms with E-state index in [4.69, 9.17) is 4.55 Å². The fraction of sp³-hybridized carbons (Fsp3) is 0.143. The van der Waals surface area contributed by atoms with Crippen LogP contribution in [0.5, 0.6) is 0 Å². The maximum Gasteiger partial charge on any atom is 0.293 e. The molecule has 0 fully saturated rings. The quantitative estimate of drug-likeness (QED) is 0.452. The van der Waals surface area contributed by atoms with E-state index in [1.165, 1.54) is 0 Å². The summed E-state index contributed by atoms with van der Waals surface area (Å²) in [6.45, 7) is 0. The van der Waals surface area contributed by atoms with Gasteiger partial charge in [-0.3, -0.25) is 4.55 Å². The number of hydrogen-bond acceptors (Lipinski definition) is 2. The van der Waals surface area contributed by atoms with Gasteiger partial charge in [-0.1, -0.05) is 30.3 Å². The van der Waals surface area contributed by atoms with Gasteiger partial charge in [0.25, 0.3) is 10.1 Å². The minimum Gasteiger partial charge on any atom is -0.284 e. The molecule has 13 heavy (non-hydrogen) atoms. The molecule has 6 heteroatoms. The van der Waals surface area contributed by atoms with E-state index < -0.39 is 10.9 Å². The van der Waals surface area contributed by atoms with Crippen LogP contribution in [-0.2, 0) is 10.9 Å². The number of rotatable bonds is 2. The minimum atomic E-state index is -4.08. The van der Waals surface area contributed by atoms with Crippen LogP contribution in [0.15, 0.2) is 30.3 Å². The Hall–Kier alpha value is 0.590. The Balaban J connectivity index is 3.24. The number of benzene rings is 1. The molecule has 1 N–H and O–H groups in total. The lowest BCUT2D eigenvalue weighted by molar-refractivity contribution is 0.481. The molecule has 1 aromatic carbocycles. The Morgan fingerprint density at radius 2 is 1.62 bits per heavy atom. The molecule has 1 aromatic rings. The first-order chi connectivity index (χ1) is 5.86. The molecular formula is C7H6I2O3S. The van der Waals surface area contributed by atoms with Crippen molar-refractivity contribution in [2.75, 3.05) is 0 Å². The highest BCUT2D eigenvalue weighted by Gasteiger charge is 2.38. The van der Waals surface area contributed by atoms with Gasteiger partial charge < -0.3 is 0 Å². The summed E-state index contributed by atoms with van der Waals surface area (Å²) in [6.07, 6.45) is 0. The van der Waals surface area contributed by atoms with Crippen molar-refractivity contribution in [3.05, 3.63) is 35.9 Å². The van der Waals surface area contributed by atoms with E-state index in [-0.39, 0.29) is 0 Å². The van der Waals surface area contributed by atoms with Crippen molar-refractivity contribution in [3.63, 3.8) is 0 Å². The summed E-state index contributed by atoms with van der Waals surface area (Å²) in [7, 11) is -4.08. The highest BCUT2D eigenvalue weighted by atomic mass is 127. The van der Waals surface area contributed by atoms with Crippen molar-refractivity contribution in [1.82, 2.24) is 0 Å². The Labute approximate surface area is 104 Å². The monoisotopic (exact) mass is 424 g/mol. The third kappa shape index (κ3) is 2.54. The first-order valence-corrected chi connectivity index (χ1v) is 6.86. The smallest absolute Gasteiger partial charge is 0.284 e. The van der Waals surface area contributed by atoms with Gasteiger partial charge in [0, 0.05) is 0 Å². The van der Waals surface area contributed by atoms with E-state index in [0.717, 1.165) is 0 Å². The van der Waals surface area contributed by atoms with Gasteiger partial charge in [-0.2, -0.15) is 8.42 Å². The first-order valence-electron chi connectivity index (χ1n) is 3.26. The second-order valence-corrected chi connectivity index (χ2v) is 10.7. The Morgan fingerprint density at radius 1 is 1.15 bits per heavy atom. The van der Waals surface area contributed by atoms with Gasteiger partial charge in [0.15, 0.2) is 0 Å². The Morgan fingerprint density at radius 3 is 2.00 bits per heavy atom. The van der Waals surface area contributed by atoms with Crippen LogP contribution >= 0.6 is 45.2 Å². The van der Waals surface area contributed by atoms with Gasteiger partial charge in [-0.05, 0) is 50.7 Å². The number of hydrogen-bond donors (Lipinski definition) is 1. The molecule has 0 atom stereocenters. The molecule has 0 unspecified atom stereocenters. The summed E-state index contributed by atoms with van der Waals surface area (Å²) in [5.74, 6) is 0.